The lowest BCUT2D eigenvalue weighted by Crippen LogP contribution is -2.56. The first-order chi connectivity index (χ1) is 13.5. The van der Waals surface area contributed by atoms with E-state index in [9.17, 15) is 19.8 Å². The Kier molecular flexibility index (Phi) is 5.86. The Morgan fingerprint density at radius 1 is 1.07 bits per heavy atom. The zero-order valence-electron chi connectivity index (χ0n) is 18.5. The first-order valence-corrected chi connectivity index (χ1v) is 11.0. The van der Waals surface area contributed by atoms with Gasteiger partial charge in [0, 0.05) is 24.0 Å². The fraction of sp³-hybridized carbons (Fsp3) is 0.680. The summed E-state index contributed by atoms with van der Waals surface area (Å²) in [4.78, 5) is 25.4. The van der Waals surface area contributed by atoms with Crippen LogP contribution in [-0.2, 0) is 4.79 Å². The Bertz CT molecular complexity index is 776. The van der Waals surface area contributed by atoms with Crippen molar-refractivity contribution in [2.24, 2.45) is 34.5 Å². The van der Waals surface area contributed by atoms with E-state index in [1.807, 2.05) is 0 Å². The van der Waals surface area contributed by atoms with Crippen LogP contribution in [0.25, 0.3) is 0 Å². The molecule has 1 unspecified atom stereocenters. The molecule has 2 saturated carbocycles. The molecule has 0 aromatic heterocycles. The van der Waals surface area contributed by atoms with E-state index in [0.717, 1.165) is 32.1 Å². The first kappa shape index (κ1) is 21.9. The van der Waals surface area contributed by atoms with E-state index < -0.39 is 0 Å². The first-order valence-electron chi connectivity index (χ1n) is 11.0. The molecule has 2 aliphatic carbocycles. The summed E-state index contributed by atoms with van der Waals surface area (Å²) in [5, 5.41) is 19.9. The number of rotatable bonds is 5. The normalized spacial score (nSPS) is 33.7. The highest BCUT2D eigenvalue weighted by Crippen LogP contribution is 2.63. The van der Waals surface area contributed by atoms with Crippen molar-refractivity contribution in [2.75, 3.05) is 0 Å². The topological polar surface area (TPSA) is 74.6 Å². The maximum absolute atomic E-state index is 13.8. The second-order valence-electron chi connectivity index (χ2n) is 10.6. The average molecular weight is 401 g/mol. The Hall–Kier alpha value is -1.84. The van der Waals surface area contributed by atoms with Crippen molar-refractivity contribution in [3.8, 4) is 11.5 Å². The smallest absolute Gasteiger partial charge is 0.167 e. The molecule has 2 aliphatic rings. The minimum Gasteiger partial charge on any atom is -0.508 e. The highest BCUT2D eigenvalue weighted by molar-refractivity contribution is 5.99. The zero-order chi connectivity index (χ0) is 21.6. The van der Waals surface area contributed by atoms with Crippen LogP contribution in [-0.4, -0.2) is 21.8 Å². The quantitative estimate of drug-likeness (QED) is 0.617. The van der Waals surface area contributed by atoms with Crippen molar-refractivity contribution < 1.29 is 19.8 Å². The molecule has 0 spiro atoms. The summed E-state index contributed by atoms with van der Waals surface area (Å²) >= 11 is 0. The minimum atomic E-state index is -0.181. The molecule has 0 bridgehead atoms. The van der Waals surface area contributed by atoms with Gasteiger partial charge in [0.15, 0.2) is 5.78 Å². The van der Waals surface area contributed by atoms with Gasteiger partial charge in [0.05, 0.1) is 0 Å². The van der Waals surface area contributed by atoms with Crippen LogP contribution < -0.4 is 0 Å². The molecule has 1 aromatic rings. The van der Waals surface area contributed by atoms with Gasteiger partial charge in [0.25, 0.3) is 0 Å². The van der Waals surface area contributed by atoms with Crippen LogP contribution >= 0.6 is 0 Å². The third-order valence-electron chi connectivity index (χ3n) is 8.13. The van der Waals surface area contributed by atoms with E-state index in [1.54, 1.807) is 6.92 Å². The number of Topliss-reactive ketones (excluding diaryl/α,β-unsaturated/α-hetero) is 2. The van der Waals surface area contributed by atoms with Crippen molar-refractivity contribution >= 4 is 11.6 Å². The van der Waals surface area contributed by atoms with Crippen molar-refractivity contribution in [3.63, 3.8) is 0 Å². The van der Waals surface area contributed by atoms with Crippen LogP contribution in [0.1, 0.15) is 83.5 Å². The molecular formula is C25H36O4. The molecule has 5 atom stereocenters. The van der Waals surface area contributed by atoms with Gasteiger partial charge in [0.2, 0.25) is 0 Å². The number of aromatic hydroxyl groups is 2. The summed E-state index contributed by atoms with van der Waals surface area (Å²) in [5.41, 5.74) is 0.419. The molecule has 2 N–H and O–H groups in total. The fourth-order valence-corrected chi connectivity index (χ4v) is 6.74. The van der Waals surface area contributed by atoms with Gasteiger partial charge in [-0.15, -0.1) is 0 Å². The number of hydrogen-bond acceptors (Lipinski definition) is 4. The molecule has 29 heavy (non-hydrogen) atoms. The second-order valence-corrected chi connectivity index (χ2v) is 10.6. The van der Waals surface area contributed by atoms with E-state index in [2.05, 4.69) is 27.7 Å². The van der Waals surface area contributed by atoms with Crippen LogP contribution in [0, 0.1) is 34.5 Å². The van der Waals surface area contributed by atoms with E-state index >= 15 is 0 Å². The molecule has 0 aliphatic heterocycles. The highest BCUT2D eigenvalue weighted by atomic mass is 16.3. The molecule has 3 rings (SSSR count). The standard InChI is InChI=1S/C25H36O4/c1-15(26)7-8-17-13-21-24(3,4)9-6-10-25(21,5)22(16(17)2)23(29)18-11-19(27)14-20(28)12-18/h11-12,14,16-17,21-22,27-28H,6-10,13H2,1-5H3/t16-,17+,21?,22-,25+/m1/s1. The number of fused-ring (bicyclic) bond motifs is 1. The molecule has 1 aromatic carbocycles. The lowest BCUT2D eigenvalue weighted by molar-refractivity contribution is -0.119. The maximum Gasteiger partial charge on any atom is 0.167 e. The van der Waals surface area contributed by atoms with Crippen molar-refractivity contribution in [1.82, 2.24) is 0 Å². The molecule has 0 heterocycles. The van der Waals surface area contributed by atoms with Crippen LogP contribution in [0.5, 0.6) is 11.5 Å². The molecule has 160 valence electrons. The zero-order valence-corrected chi connectivity index (χ0v) is 18.5. The lowest BCUT2D eigenvalue weighted by atomic mass is 9.43. The predicted octanol–water partition coefficient (Wildman–Crippen LogP) is 5.75. The van der Waals surface area contributed by atoms with Crippen molar-refractivity contribution in [2.45, 2.75) is 73.1 Å². The summed E-state index contributed by atoms with van der Waals surface area (Å²) in [6.45, 7) is 10.7. The number of phenols is 2. The summed E-state index contributed by atoms with van der Waals surface area (Å²) < 4.78 is 0. The van der Waals surface area contributed by atoms with Gasteiger partial charge >= 0.3 is 0 Å². The van der Waals surface area contributed by atoms with Crippen LogP contribution in [0.15, 0.2) is 18.2 Å². The predicted molar refractivity (Wildman–Crippen MR) is 114 cm³/mol. The molecule has 0 amide bonds. The van der Waals surface area contributed by atoms with Gasteiger partial charge < -0.3 is 15.0 Å². The van der Waals surface area contributed by atoms with Crippen LogP contribution in [0.3, 0.4) is 0 Å². The number of phenolic OH excluding ortho intramolecular Hbond substituents is 2. The summed E-state index contributed by atoms with van der Waals surface area (Å²) in [7, 11) is 0. The summed E-state index contributed by atoms with van der Waals surface area (Å²) in [6.07, 6.45) is 5.74. The number of ketones is 2. The molecule has 4 heteroatoms. The van der Waals surface area contributed by atoms with Gasteiger partial charge in [-0.1, -0.05) is 34.1 Å². The SMILES string of the molecule is CC(=O)CC[C@H]1CC2C(C)(C)CCC[C@]2(C)[C@@H](C(=O)c2cc(O)cc(O)c2)[C@@H]1C. The van der Waals surface area contributed by atoms with Crippen molar-refractivity contribution in [1.29, 1.82) is 0 Å². The van der Waals surface area contributed by atoms with E-state index in [1.165, 1.54) is 18.2 Å². The Balaban J connectivity index is 2.04. The van der Waals surface area contributed by atoms with Gasteiger partial charge in [-0.25, -0.2) is 0 Å². The molecular weight excluding hydrogens is 364 g/mol. The van der Waals surface area contributed by atoms with E-state index in [0.29, 0.717) is 23.8 Å². The van der Waals surface area contributed by atoms with Gasteiger partial charge in [-0.3, -0.25) is 4.79 Å². The van der Waals surface area contributed by atoms with Gasteiger partial charge in [-0.2, -0.15) is 0 Å². The third kappa shape index (κ3) is 4.08. The molecule has 0 radical (unpaired) electrons. The second kappa shape index (κ2) is 7.77. The number of hydrogen-bond donors (Lipinski definition) is 2. The van der Waals surface area contributed by atoms with Crippen LogP contribution in [0.4, 0.5) is 0 Å². The van der Waals surface area contributed by atoms with E-state index in [4.69, 9.17) is 0 Å². The summed E-state index contributed by atoms with van der Waals surface area (Å²) in [6, 6.07) is 4.20. The lowest BCUT2D eigenvalue weighted by Gasteiger charge is -2.60. The largest absolute Gasteiger partial charge is 0.508 e. The maximum atomic E-state index is 13.8. The molecule has 0 saturated heterocycles. The Morgan fingerprint density at radius 3 is 2.28 bits per heavy atom. The molecule has 2 fully saturated rings. The Morgan fingerprint density at radius 2 is 1.69 bits per heavy atom. The monoisotopic (exact) mass is 400 g/mol. The highest BCUT2D eigenvalue weighted by Gasteiger charge is 2.58. The van der Waals surface area contributed by atoms with E-state index in [-0.39, 0.29) is 45.7 Å². The van der Waals surface area contributed by atoms with Gasteiger partial charge in [-0.05, 0) is 73.3 Å². The average Bonchev–Trinajstić information content (AvgIpc) is 2.58. The number of carbonyl (C=O) groups excluding carboxylic acids is 2. The van der Waals surface area contributed by atoms with Crippen LogP contribution in [0.2, 0.25) is 0 Å². The van der Waals surface area contributed by atoms with Crippen molar-refractivity contribution in [3.05, 3.63) is 23.8 Å². The third-order valence-corrected chi connectivity index (χ3v) is 8.13. The minimum absolute atomic E-state index is 0.0152. The molecule has 4 nitrogen and oxygen atoms in total. The Labute approximate surface area is 174 Å². The fourth-order valence-electron chi connectivity index (χ4n) is 6.74. The number of benzene rings is 1. The summed E-state index contributed by atoms with van der Waals surface area (Å²) in [5.74, 6) is 0.758. The van der Waals surface area contributed by atoms with Gasteiger partial charge in [0.1, 0.15) is 17.3 Å². The number of carbonyl (C=O) groups is 2.